The number of anilines is 1. The number of carbonyl (C=O) groups is 2. The van der Waals surface area contributed by atoms with Crippen LogP contribution in [0.4, 0.5) is 10.5 Å². The van der Waals surface area contributed by atoms with Crippen LogP contribution in [-0.4, -0.2) is 46.8 Å². The van der Waals surface area contributed by atoms with Crippen molar-refractivity contribution >= 4 is 43.9 Å². The van der Waals surface area contributed by atoms with Crippen LogP contribution in [0.5, 0.6) is 5.75 Å². The number of nitrogens with one attached hydrogen (secondary N) is 1. The SMILES string of the molecule is COC(=O)CN(c1cc(Br)ccc1OC)S(=O)(=O)NC(=O)OC(C)(C)C. The molecule has 9 nitrogen and oxygen atoms in total. The Morgan fingerprint density at radius 2 is 1.85 bits per heavy atom. The van der Waals surface area contributed by atoms with E-state index in [0.717, 1.165) is 7.11 Å². The molecule has 0 unspecified atom stereocenters. The van der Waals surface area contributed by atoms with E-state index in [4.69, 9.17) is 9.47 Å². The maximum absolute atomic E-state index is 12.7. The van der Waals surface area contributed by atoms with Crippen molar-refractivity contribution in [3.8, 4) is 5.75 Å². The van der Waals surface area contributed by atoms with Crippen molar-refractivity contribution < 1.29 is 32.2 Å². The molecule has 26 heavy (non-hydrogen) atoms. The summed E-state index contributed by atoms with van der Waals surface area (Å²) in [4.78, 5) is 23.6. The first kappa shape index (κ1) is 22.0. The van der Waals surface area contributed by atoms with E-state index in [1.54, 1.807) is 31.6 Å². The van der Waals surface area contributed by atoms with Gasteiger partial charge in [0.1, 0.15) is 17.9 Å². The predicted molar refractivity (Wildman–Crippen MR) is 98.3 cm³/mol. The first-order chi connectivity index (χ1) is 11.9. The third kappa shape index (κ3) is 6.37. The van der Waals surface area contributed by atoms with Gasteiger partial charge in [0.05, 0.1) is 19.9 Å². The van der Waals surface area contributed by atoms with E-state index in [1.165, 1.54) is 19.2 Å². The van der Waals surface area contributed by atoms with Gasteiger partial charge in [-0.05, 0) is 39.0 Å². The molecule has 0 saturated carbocycles. The number of benzene rings is 1. The van der Waals surface area contributed by atoms with E-state index in [0.29, 0.717) is 8.78 Å². The van der Waals surface area contributed by atoms with Crippen LogP contribution in [0.15, 0.2) is 22.7 Å². The lowest BCUT2D eigenvalue weighted by molar-refractivity contribution is -0.138. The summed E-state index contributed by atoms with van der Waals surface area (Å²) in [7, 11) is -2.03. The molecule has 0 aliphatic carbocycles. The van der Waals surface area contributed by atoms with Crippen LogP contribution in [0, 0.1) is 0 Å². The fourth-order valence-electron chi connectivity index (χ4n) is 1.80. The fraction of sp³-hybridized carbons (Fsp3) is 0.467. The van der Waals surface area contributed by atoms with E-state index in [9.17, 15) is 18.0 Å². The van der Waals surface area contributed by atoms with Crippen LogP contribution in [0.2, 0.25) is 0 Å². The Morgan fingerprint density at radius 1 is 1.23 bits per heavy atom. The normalized spacial score (nSPS) is 11.5. The molecule has 1 rings (SSSR count). The molecule has 1 aromatic carbocycles. The number of hydrogen-bond acceptors (Lipinski definition) is 7. The van der Waals surface area contributed by atoms with Gasteiger partial charge >= 0.3 is 22.3 Å². The first-order valence-electron chi connectivity index (χ1n) is 7.33. The lowest BCUT2D eigenvalue weighted by Gasteiger charge is -2.26. The topological polar surface area (TPSA) is 111 Å². The number of esters is 1. The predicted octanol–water partition coefficient (Wildman–Crippen LogP) is 2.21. The maximum atomic E-state index is 12.7. The van der Waals surface area contributed by atoms with Gasteiger partial charge in [0.2, 0.25) is 0 Å². The van der Waals surface area contributed by atoms with Gasteiger partial charge in [-0.2, -0.15) is 8.42 Å². The highest BCUT2D eigenvalue weighted by molar-refractivity contribution is 9.10. The van der Waals surface area contributed by atoms with Gasteiger partial charge in [-0.1, -0.05) is 15.9 Å². The standard InChI is InChI=1S/C15H21BrN2O7S/c1-15(2,3)25-14(20)17-26(21,22)18(9-13(19)24-5)11-8-10(16)6-7-12(11)23-4/h6-8H,9H2,1-5H3,(H,17,20). The minimum atomic E-state index is -4.49. The number of hydrogen-bond donors (Lipinski definition) is 1. The molecule has 0 bridgehead atoms. The molecule has 0 aliphatic heterocycles. The summed E-state index contributed by atoms with van der Waals surface area (Å²) in [6.07, 6.45) is -1.18. The molecule has 1 amide bonds. The van der Waals surface area contributed by atoms with Crippen LogP contribution in [0.1, 0.15) is 20.8 Å². The fourth-order valence-corrected chi connectivity index (χ4v) is 3.19. The van der Waals surface area contributed by atoms with Crippen LogP contribution >= 0.6 is 15.9 Å². The third-order valence-corrected chi connectivity index (χ3v) is 4.64. The third-order valence-electron chi connectivity index (χ3n) is 2.81. The van der Waals surface area contributed by atoms with Crippen molar-refractivity contribution in [2.45, 2.75) is 26.4 Å². The number of amides is 1. The van der Waals surface area contributed by atoms with Gasteiger partial charge in [0.25, 0.3) is 0 Å². The van der Waals surface area contributed by atoms with E-state index >= 15 is 0 Å². The van der Waals surface area contributed by atoms with Crippen LogP contribution in [0.25, 0.3) is 0 Å². The number of rotatable bonds is 6. The van der Waals surface area contributed by atoms with Crippen LogP contribution in [0.3, 0.4) is 0 Å². The Hall–Kier alpha value is -2.01. The molecule has 0 atom stereocenters. The summed E-state index contributed by atoms with van der Waals surface area (Å²) < 4.78 is 43.0. The minimum absolute atomic E-state index is 0.0309. The van der Waals surface area contributed by atoms with Gasteiger partial charge in [-0.3, -0.25) is 4.79 Å². The van der Waals surface area contributed by atoms with Crippen LogP contribution in [-0.2, 0) is 24.5 Å². The van der Waals surface area contributed by atoms with E-state index in [-0.39, 0.29) is 11.4 Å². The van der Waals surface area contributed by atoms with E-state index < -0.39 is 34.4 Å². The molecule has 0 spiro atoms. The Morgan fingerprint density at radius 3 is 2.35 bits per heavy atom. The van der Waals surface area contributed by atoms with Crippen molar-refractivity contribution in [3.63, 3.8) is 0 Å². The number of halogens is 1. The maximum Gasteiger partial charge on any atom is 0.422 e. The summed E-state index contributed by atoms with van der Waals surface area (Å²) in [5.74, 6) is -0.659. The van der Waals surface area contributed by atoms with E-state index in [1.807, 2.05) is 0 Å². The zero-order chi connectivity index (χ0) is 20.1. The molecule has 0 saturated heterocycles. The molecular weight excluding hydrogens is 432 g/mol. The van der Waals surface area contributed by atoms with Crippen molar-refractivity contribution in [2.24, 2.45) is 0 Å². The number of nitrogens with zero attached hydrogens (tertiary/aromatic N) is 1. The van der Waals surface area contributed by atoms with Gasteiger partial charge in [0.15, 0.2) is 0 Å². The quantitative estimate of drug-likeness (QED) is 0.658. The Labute approximate surface area is 160 Å². The average molecular weight is 453 g/mol. The van der Waals surface area contributed by atoms with E-state index in [2.05, 4.69) is 20.7 Å². The molecule has 0 fully saturated rings. The zero-order valence-electron chi connectivity index (χ0n) is 15.0. The highest BCUT2D eigenvalue weighted by Crippen LogP contribution is 2.32. The molecule has 1 N–H and O–H groups in total. The second-order valence-electron chi connectivity index (χ2n) is 6.01. The summed E-state index contributed by atoms with van der Waals surface area (Å²) in [6, 6.07) is 4.56. The van der Waals surface area contributed by atoms with Crippen molar-refractivity contribution in [1.82, 2.24) is 4.72 Å². The summed E-state index contributed by atoms with van der Waals surface area (Å²) in [5, 5.41) is 0. The monoisotopic (exact) mass is 452 g/mol. The van der Waals surface area contributed by atoms with Gasteiger partial charge in [-0.15, -0.1) is 0 Å². The summed E-state index contributed by atoms with van der Waals surface area (Å²) in [6.45, 7) is 4.08. The summed E-state index contributed by atoms with van der Waals surface area (Å²) >= 11 is 3.23. The molecule has 0 aromatic heterocycles. The van der Waals surface area contributed by atoms with Crippen molar-refractivity contribution in [3.05, 3.63) is 22.7 Å². The highest BCUT2D eigenvalue weighted by atomic mass is 79.9. The Balaban J connectivity index is 3.31. The number of ether oxygens (including phenoxy) is 3. The highest BCUT2D eigenvalue weighted by Gasteiger charge is 2.31. The molecule has 11 heteroatoms. The zero-order valence-corrected chi connectivity index (χ0v) is 17.4. The minimum Gasteiger partial charge on any atom is -0.495 e. The molecule has 0 heterocycles. The second kappa shape index (κ2) is 8.58. The lowest BCUT2D eigenvalue weighted by Crippen LogP contribution is -2.47. The molecule has 0 radical (unpaired) electrons. The van der Waals surface area contributed by atoms with Gasteiger partial charge < -0.3 is 14.2 Å². The number of carbonyl (C=O) groups excluding carboxylic acids is 2. The number of methoxy groups -OCH3 is 2. The van der Waals surface area contributed by atoms with Crippen LogP contribution < -0.4 is 13.8 Å². The molecule has 146 valence electrons. The molecular formula is C15H21BrN2O7S. The second-order valence-corrected chi connectivity index (χ2v) is 8.52. The van der Waals surface area contributed by atoms with Gasteiger partial charge in [-0.25, -0.2) is 13.8 Å². The first-order valence-corrected chi connectivity index (χ1v) is 9.56. The largest absolute Gasteiger partial charge is 0.495 e. The summed E-state index contributed by atoms with van der Waals surface area (Å²) in [5.41, 5.74) is -0.872. The Bertz CT molecular complexity index is 775. The Kier molecular flexibility index (Phi) is 7.27. The molecule has 1 aromatic rings. The average Bonchev–Trinajstić information content (AvgIpc) is 2.49. The van der Waals surface area contributed by atoms with Crippen molar-refractivity contribution in [1.29, 1.82) is 0 Å². The smallest absolute Gasteiger partial charge is 0.422 e. The lowest BCUT2D eigenvalue weighted by atomic mass is 10.2. The van der Waals surface area contributed by atoms with Gasteiger partial charge in [0, 0.05) is 4.47 Å². The molecule has 0 aliphatic rings. The van der Waals surface area contributed by atoms with Crippen molar-refractivity contribution in [2.75, 3.05) is 25.1 Å².